The standard InChI is InChI=1S/C13H15ClN2O2/c1-8(9-6-15-7-9)13(17)16-11-5-10(14)3-4-12(11)18-2/h3-5,15H,6-7H2,1-2H3,(H,16,17). The molecule has 0 spiro atoms. The third-order valence-corrected chi connectivity index (χ3v) is 3.19. The second-order valence-corrected chi connectivity index (χ2v) is 4.57. The van der Waals surface area contributed by atoms with Crippen molar-refractivity contribution < 1.29 is 9.53 Å². The molecule has 1 aromatic carbocycles. The van der Waals surface area contributed by atoms with Crippen LogP contribution in [0.4, 0.5) is 5.69 Å². The fraction of sp³-hybridized carbons (Fsp3) is 0.308. The van der Waals surface area contributed by atoms with Gasteiger partial charge in [0.1, 0.15) is 5.75 Å². The molecule has 0 radical (unpaired) electrons. The molecule has 0 saturated carbocycles. The normalized spacial score (nSPS) is 13.8. The lowest BCUT2D eigenvalue weighted by atomic mass is 10.0. The van der Waals surface area contributed by atoms with E-state index in [1.807, 2.05) is 6.92 Å². The van der Waals surface area contributed by atoms with Gasteiger partial charge >= 0.3 is 0 Å². The number of benzene rings is 1. The van der Waals surface area contributed by atoms with Crippen molar-refractivity contribution in [1.82, 2.24) is 5.32 Å². The van der Waals surface area contributed by atoms with Gasteiger partial charge < -0.3 is 15.4 Å². The summed E-state index contributed by atoms with van der Waals surface area (Å²) in [4.78, 5) is 12.0. The Balaban J connectivity index is 2.18. The van der Waals surface area contributed by atoms with Crippen molar-refractivity contribution in [1.29, 1.82) is 0 Å². The van der Waals surface area contributed by atoms with Gasteiger partial charge in [-0.3, -0.25) is 4.79 Å². The summed E-state index contributed by atoms with van der Waals surface area (Å²) >= 11 is 5.91. The van der Waals surface area contributed by atoms with Crippen LogP contribution in [-0.4, -0.2) is 26.1 Å². The Morgan fingerprint density at radius 1 is 1.44 bits per heavy atom. The average molecular weight is 267 g/mol. The molecule has 0 aromatic heterocycles. The van der Waals surface area contributed by atoms with Gasteiger partial charge in [0.05, 0.1) is 12.8 Å². The summed E-state index contributed by atoms with van der Waals surface area (Å²) in [6.07, 6.45) is 0. The number of methoxy groups -OCH3 is 1. The zero-order valence-electron chi connectivity index (χ0n) is 10.3. The molecule has 1 amide bonds. The summed E-state index contributed by atoms with van der Waals surface area (Å²) in [5, 5.41) is 6.48. The van der Waals surface area contributed by atoms with E-state index >= 15 is 0 Å². The molecule has 5 heteroatoms. The van der Waals surface area contributed by atoms with Crippen LogP contribution in [-0.2, 0) is 4.79 Å². The van der Waals surface area contributed by atoms with Crippen LogP contribution in [0.15, 0.2) is 29.3 Å². The fourth-order valence-electron chi connectivity index (χ4n) is 1.67. The maximum atomic E-state index is 12.0. The minimum atomic E-state index is -0.118. The highest BCUT2D eigenvalue weighted by molar-refractivity contribution is 6.31. The number of hydrogen-bond donors (Lipinski definition) is 2. The molecule has 18 heavy (non-hydrogen) atoms. The average Bonchev–Trinajstić information content (AvgIpc) is 2.27. The fourth-order valence-corrected chi connectivity index (χ4v) is 1.84. The van der Waals surface area contributed by atoms with Gasteiger partial charge in [-0.2, -0.15) is 0 Å². The third-order valence-electron chi connectivity index (χ3n) is 2.96. The largest absolute Gasteiger partial charge is 0.495 e. The summed E-state index contributed by atoms with van der Waals surface area (Å²) in [6.45, 7) is 3.39. The van der Waals surface area contributed by atoms with Crippen LogP contribution in [0.25, 0.3) is 0 Å². The zero-order valence-corrected chi connectivity index (χ0v) is 11.1. The number of nitrogens with one attached hydrogen (secondary N) is 2. The van der Waals surface area contributed by atoms with Crippen LogP contribution in [0.5, 0.6) is 5.75 Å². The lowest BCUT2D eigenvalue weighted by Crippen LogP contribution is -2.36. The van der Waals surface area contributed by atoms with Crippen molar-refractivity contribution in [3.8, 4) is 5.75 Å². The van der Waals surface area contributed by atoms with Crippen LogP contribution in [0, 0.1) is 0 Å². The maximum absolute atomic E-state index is 12.0. The molecule has 0 aliphatic carbocycles. The maximum Gasteiger partial charge on any atom is 0.251 e. The van der Waals surface area contributed by atoms with Gasteiger partial charge in [-0.25, -0.2) is 0 Å². The quantitative estimate of drug-likeness (QED) is 0.825. The Morgan fingerprint density at radius 3 is 2.72 bits per heavy atom. The van der Waals surface area contributed by atoms with Gasteiger partial charge in [-0.15, -0.1) is 0 Å². The van der Waals surface area contributed by atoms with E-state index in [-0.39, 0.29) is 5.91 Å². The Labute approximate surface area is 111 Å². The molecule has 1 aliphatic rings. The van der Waals surface area contributed by atoms with E-state index in [1.165, 1.54) is 0 Å². The first kappa shape index (κ1) is 12.9. The van der Waals surface area contributed by atoms with Gasteiger partial charge in [0.15, 0.2) is 0 Å². The van der Waals surface area contributed by atoms with E-state index < -0.39 is 0 Å². The van der Waals surface area contributed by atoms with Crippen molar-refractivity contribution in [2.45, 2.75) is 6.92 Å². The van der Waals surface area contributed by atoms with Crippen LogP contribution in [0.1, 0.15) is 6.92 Å². The number of anilines is 1. The highest BCUT2D eigenvalue weighted by Crippen LogP contribution is 2.28. The molecular weight excluding hydrogens is 252 g/mol. The number of halogens is 1. The van der Waals surface area contributed by atoms with Crippen LogP contribution in [0.3, 0.4) is 0 Å². The third kappa shape index (κ3) is 2.66. The minimum absolute atomic E-state index is 0.118. The van der Waals surface area contributed by atoms with Crippen molar-refractivity contribution in [3.05, 3.63) is 34.4 Å². The molecule has 4 nitrogen and oxygen atoms in total. The highest BCUT2D eigenvalue weighted by atomic mass is 35.5. The van der Waals surface area contributed by atoms with E-state index in [2.05, 4.69) is 10.6 Å². The summed E-state index contributed by atoms with van der Waals surface area (Å²) in [6, 6.07) is 5.12. The topological polar surface area (TPSA) is 50.4 Å². The number of amides is 1. The van der Waals surface area contributed by atoms with Crippen LogP contribution >= 0.6 is 11.6 Å². The predicted molar refractivity (Wildman–Crippen MR) is 72.2 cm³/mol. The first-order chi connectivity index (χ1) is 8.61. The van der Waals surface area contributed by atoms with Gasteiger partial charge in [-0.1, -0.05) is 11.6 Å². The molecule has 1 saturated heterocycles. The van der Waals surface area contributed by atoms with Gasteiger partial charge in [0.25, 0.3) is 5.91 Å². The number of hydrogen-bond acceptors (Lipinski definition) is 3. The number of rotatable bonds is 3. The molecule has 1 aliphatic heterocycles. The monoisotopic (exact) mass is 266 g/mol. The Morgan fingerprint density at radius 2 is 2.17 bits per heavy atom. The first-order valence-electron chi connectivity index (χ1n) is 5.66. The highest BCUT2D eigenvalue weighted by Gasteiger charge is 2.17. The predicted octanol–water partition coefficient (Wildman–Crippen LogP) is 2.21. The summed E-state index contributed by atoms with van der Waals surface area (Å²) in [5.74, 6) is 0.476. The number of carbonyl (C=O) groups excluding carboxylic acids is 1. The molecule has 0 unspecified atom stereocenters. The van der Waals surface area contributed by atoms with E-state index in [0.29, 0.717) is 16.5 Å². The number of ether oxygens (including phenoxy) is 1. The molecule has 0 bridgehead atoms. The Hall–Kier alpha value is -1.52. The van der Waals surface area contributed by atoms with Crippen LogP contribution < -0.4 is 15.4 Å². The lowest BCUT2D eigenvalue weighted by Gasteiger charge is -2.21. The molecule has 96 valence electrons. The first-order valence-corrected chi connectivity index (χ1v) is 6.04. The number of carbonyl (C=O) groups is 1. The molecule has 2 N–H and O–H groups in total. The van der Waals surface area contributed by atoms with E-state index in [1.54, 1.807) is 25.3 Å². The van der Waals surface area contributed by atoms with E-state index in [9.17, 15) is 4.79 Å². The van der Waals surface area contributed by atoms with E-state index in [4.69, 9.17) is 16.3 Å². The van der Waals surface area contributed by atoms with Gasteiger partial charge in [-0.05, 0) is 30.7 Å². The van der Waals surface area contributed by atoms with Crippen molar-refractivity contribution in [2.75, 3.05) is 25.5 Å². The van der Waals surface area contributed by atoms with Gasteiger partial charge in [0.2, 0.25) is 0 Å². The summed E-state index contributed by atoms with van der Waals surface area (Å²) in [5.41, 5.74) is 2.46. The summed E-state index contributed by atoms with van der Waals surface area (Å²) in [7, 11) is 1.56. The van der Waals surface area contributed by atoms with Gasteiger partial charge in [0, 0.05) is 23.7 Å². The van der Waals surface area contributed by atoms with Crippen molar-refractivity contribution in [3.63, 3.8) is 0 Å². The SMILES string of the molecule is COc1ccc(Cl)cc1NC(=O)C(C)=C1CNC1. The van der Waals surface area contributed by atoms with Crippen molar-refractivity contribution >= 4 is 23.2 Å². The second kappa shape index (κ2) is 5.42. The smallest absolute Gasteiger partial charge is 0.251 e. The van der Waals surface area contributed by atoms with E-state index in [0.717, 1.165) is 24.2 Å². The zero-order chi connectivity index (χ0) is 13.1. The summed E-state index contributed by atoms with van der Waals surface area (Å²) < 4.78 is 5.18. The van der Waals surface area contributed by atoms with Crippen molar-refractivity contribution in [2.24, 2.45) is 0 Å². The minimum Gasteiger partial charge on any atom is -0.495 e. The molecule has 1 fully saturated rings. The molecule has 1 aromatic rings. The molecular formula is C13H15ClN2O2. The molecule has 2 rings (SSSR count). The Bertz CT molecular complexity index is 506. The van der Waals surface area contributed by atoms with Crippen LogP contribution in [0.2, 0.25) is 5.02 Å². The molecule has 1 heterocycles. The Kier molecular flexibility index (Phi) is 3.89. The second-order valence-electron chi connectivity index (χ2n) is 4.13. The lowest BCUT2D eigenvalue weighted by molar-refractivity contribution is -0.112. The molecule has 0 atom stereocenters.